The van der Waals surface area contributed by atoms with Gasteiger partial charge in [-0.05, 0) is 367 Å². The molecule has 4 N–H and O–H groups in total. The van der Waals surface area contributed by atoms with Crippen molar-refractivity contribution in [3.63, 3.8) is 0 Å². The number of benzene rings is 20. The van der Waals surface area contributed by atoms with E-state index >= 15 is 19.2 Å². The number of ether oxygens (including phenoxy) is 4. The quantitative estimate of drug-likeness (QED) is 0.0463. The molecule has 20 aromatic rings. The van der Waals surface area contributed by atoms with Crippen molar-refractivity contribution in [1.29, 1.82) is 0 Å². The third kappa shape index (κ3) is 13.5. The number of fused-ring (bicyclic) bond motifs is 14. The van der Waals surface area contributed by atoms with Gasteiger partial charge in [0.25, 0.3) is 23.6 Å². The molecule has 25 rings (SSSR count). The maximum absolute atomic E-state index is 16.3. The first-order chi connectivity index (χ1) is 68.7. The lowest BCUT2D eigenvalue weighted by molar-refractivity contribution is 0.0877. The molecule has 20 aromatic carbocycles. The Bertz CT molecular complexity index is 8210. The van der Waals surface area contributed by atoms with Crippen molar-refractivity contribution >= 4 is 178 Å². The van der Waals surface area contributed by atoms with Crippen LogP contribution in [0.15, 0.2) is 243 Å². The van der Waals surface area contributed by atoms with Gasteiger partial charge in [-0.25, -0.2) is 9.80 Å². The van der Waals surface area contributed by atoms with Gasteiger partial charge < -0.3 is 30.4 Å². The maximum Gasteiger partial charge on any atom is 0.266 e. The number of carbonyl (C=O) groups is 4. The Morgan fingerprint density at radius 2 is 0.431 bits per heavy atom. The zero-order chi connectivity index (χ0) is 100. The monoisotopic (exact) mass is 1880 g/mol. The van der Waals surface area contributed by atoms with E-state index in [-0.39, 0.29) is 45.3 Å². The van der Waals surface area contributed by atoms with Gasteiger partial charge in [-0.1, -0.05) is 260 Å². The highest BCUT2D eigenvalue weighted by molar-refractivity contribution is 6.48. The summed E-state index contributed by atoms with van der Waals surface area (Å²) < 4.78 is 29.5. The summed E-state index contributed by atoms with van der Waals surface area (Å²) in [6, 6.07) is 85.0. The van der Waals surface area contributed by atoms with Crippen LogP contribution in [0, 0.1) is 0 Å². The molecule has 12 nitrogen and oxygen atoms in total. The second-order valence-electron chi connectivity index (χ2n) is 46.1. The molecule has 144 heavy (non-hydrogen) atoms. The van der Waals surface area contributed by atoms with Crippen molar-refractivity contribution in [2.45, 2.75) is 184 Å². The number of amides is 4. The average Bonchev–Trinajstić information content (AvgIpc) is 1.55. The van der Waals surface area contributed by atoms with Crippen molar-refractivity contribution in [1.82, 2.24) is 0 Å². The zero-order valence-electron chi connectivity index (χ0n) is 85.0. The number of nitrogens with two attached hydrogens (primary N) is 2. The molecule has 4 amide bonds. The number of imide groups is 2. The van der Waals surface area contributed by atoms with Gasteiger partial charge in [0, 0.05) is 54.5 Å². The molecule has 0 unspecified atom stereocenters. The minimum atomic E-state index is -0.444. The van der Waals surface area contributed by atoms with Gasteiger partial charge in [0.15, 0.2) is 0 Å². The van der Waals surface area contributed by atoms with Gasteiger partial charge in [-0.15, -0.1) is 0 Å². The lowest BCUT2D eigenvalue weighted by Gasteiger charge is -2.34. The molecule has 2 aliphatic heterocycles. The molecule has 0 aromatic heterocycles. The fourth-order valence-corrected chi connectivity index (χ4v) is 23.9. The van der Waals surface area contributed by atoms with Crippen LogP contribution < -0.4 is 40.2 Å². The number of nitrogen functional groups attached to an aromatic ring is 2. The van der Waals surface area contributed by atoms with Crippen molar-refractivity contribution in [2.75, 3.05) is 21.3 Å². The number of anilines is 4. The normalized spacial score (nSPS) is 14.0. The largest absolute Gasteiger partial charge is 0.457 e. The minimum Gasteiger partial charge on any atom is -0.457 e. The van der Waals surface area contributed by atoms with Gasteiger partial charge in [-0.2, -0.15) is 0 Å². The van der Waals surface area contributed by atoms with Crippen molar-refractivity contribution in [3.8, 4) is 90.5 Å². The lowest BCUT2D eigenvalue weighted by Crippen LogP contribution is -2.42. The third-order valence-corrected chi connectivity index (χ3v) is 31.3. The molecule has 2 heterocycles. The zero-order valence-corrected chi connectivity index (χ0v) is 85.0. The van der Waals surface area contributed by atoms with Crippen LogP contribution >= 0.6 is 0 Å². The molecule has 0 atom stereocenters. The molecular formula is C132H112N4O8. The first-order valence-electron chi connectivity index (χ1n) is 50.6. The Kier molecular flexibility index (Phi) is 19.4. The first kappa shape index (κ1) is 89.4. The highest BCUT2D eigenvalue weighted by Crippen LogP contribution is 2.62. The summed E-state index contributed by atoms with van der Waals surface area (Å²) >= 11 is 0. The number of carbonyl (C=O) groups excluding carboxylic acids is 4. The maximum atomic E-state index is 16.3. The molecule has 708 valence electrons. The van der Waals surface area contributed by atoms with E-state index in [0.717, 1.165) is 197 Å². The molecule has 5 aliphatic rings. The van der Waals surface area contributed by atoms with Crippen LogP contribution in [0.5, 0.6) is 46.0 Å². The van der Waals surface area contributed by atoms with E-state index in [9.17, 15) is 0 Å². The summed E-state index contributed by atoms with van der Waals surface area (Å²) in [4.78, 5) is 68.0. The van der Waals surface area contributed by atoms with E-state index in [2.05, 4.69) is 308 Å². The summed E-state index contributed by atoms with van der Waals surface area (Å²) in [5.74, 6) is 2.16. The fraction of sp³-hybridized carbons (Fsp3) is 0.212. The summed E-state index contributed by atoms with van der Waals surface area (Å²) in [5.41, 5.74) is 37.6. The SMILES string of the molecule is CC(C)c1cc(N)cc(C(C)C)c1N1C(=O)c2cc(Oc3ccc(C(C)(C)C)cc3)c3c4ccc5c6c(ccc(c7c(Oc8ccc(C(C)(C)C)cc8)cc(c2c37)C1=O)c64)-c1cc2cc3c(cc2cc1-5)C=Cc1cc2cc4c(cc2cc1C=C3)-c1ccc2c3c(Oc5ccc(C(C)(C)C)cc5)cc5c6c(cc(Oc7ccc(C(C)(C)C)cc7)c(c7ccc-4c1c72)c63)C(=O)N(c1c(C(C)C)cc(N)cc1C(C)C)C5=O. The summed E-state index contributed by atoms with van der Waals surface area (Å²) in [5, 5.41) is 17.9. The number of hydrogen-bond acceptors (Lipinski definition) is 10. The van der Waals surface area contributed by atoms with Gasteiger partial charge >= 0.3 is 0 Å². The molecule has 0 spiro atoms. The fourth-order valence-electron chi connectivity index (χ4n) is 23.9. The van der Waals surface area contributed by atoms with E-state index in [1.165, 1.54) is 9.80 Å². The summed E-state index contributed by atoms with van der Waals surface area (Å²) in [6.07, 6.45) is 9.08. The molecule has 3 aliphatic carbocycles. The van der Waals surface area contributed by atoms with E-state index < -0.39 is 23.6 Å². The minimum absolute atomic E-state index is 0.0965. The van der Waals surface area contributed by atoms with E-state index in [4.69, 9.17) is 30.4 Å². The van der Waals surface area contributed by atoms with E-state index in [1.807, 2.05) is 97.1 Å². The van der Waals surface area contributed by atoms with Crippen LogP contribution in [-0.4, -0.2) is 23.6 Å². The van der Waals surface area contributed by atoms with Crippen LogP contribution in [0.3, 0.4) is 0 Å². The molecule has 0 fully saturated rings. The second kappa shape index (κ2) is 31.3. The van der Waals surface area contributed by atoms with Crippen LogP contribution in [-0.2, 0) is 21.7 Å². The van der Waals surface area contributed by atoms with Crippen LogP contribution in [0.25, 0.3) is 177 Å². The van der Waals surface area contributed by atoms with Crippen molar-refractivity contribution in [3.05, 3.63) is 332 Å². The van der Waals surface area contributed by atoms with Crippen LogP contribution in [0.1, 0.15) is 270 Å². The standard InChI is InChI=1S/C132H112N4O8/c1-65(2)95-57-81(133)58-96(66(3)4)123(95)135-125(137)103-61-107(141-83-33-25-77(26-34-83)129(9,10)11)117-91-45-41-87-99-53-73-49-69-21-23-71-51-75-55-101-89-43-47-93-114-94(48-44-90(112(89)114)102(101)56-76(75)52-72(71)24-22-70(69)50-74(73)54-100(99)88-42-46-92(113(91)111(87)88)118-108(62-104(126(135)138)115(103)121(117)118)142-84-35-27-78(28-36-84)130(12,13)14)120-110(144-86-39-31-80(32-40-86)132(18,19)20)64-106-116-105(63-109(119(93)122(116)120)143-85-37-29-79(30-38-85)131(15,16)17)127(139)136(128(106)140)124-97(67(5)6)59-82(134)60-98(124)68(7)8/h21-68H,133-134H2,1-20H3. The Balaban J connectivity index is 0.628. The lowest BCUT2D eigenvalue weighted by atomic mass is 9.82. The number of hydrogen-bond donors (Lipinski definition) is 2. The van der Waals surface area contributed by atoms with E-state index in [1.54, 1.807) is 0 Å². The number of nitrogens with zero attached hydrogens (tertiary/aromatic N) is 2. The molecule has 0 saturated carbocycles. The predicted octanol–water partition coefficient (Wildman–Crippen LogP) is 35.7. The first-order valence-corrected chi connectivity index (χ1v) is 50.6. The highest BCUT2D eigenvalue weighted by atomic mass is 16.5. The molecule has 12 heteroatoms. The Hall–Kier alpha value is -15.9. The molecule has 0 radical (unpaired) electrons. The van der Waals surface area contributed by atoms with Crippen LogP contribution in [0.4, 0.5) is 22.7 Å². The second-order valence-corrected chi connectivity index (χ2v) is 46.1. The average molecular weight is 1880 g/mol. The summed E-state index contributed by atoms with van der Waals surface area (Å²) in [7, 11) is 0. The Morgan fingerprint density at radius 1 is 0.222 bits per heavy atom. The third-order valence-electron chi connectivity index (χ3n) is 31.3. The number of rotatable bonds is 14. The topological polar surface area (TPSA) is 164 Å². The van der Waals surface area contributed by atoms with E-state index in [0.29, 0.717) is 113 Å². The Morgan fingerprint density at radius 3 is 0.632 bits per heavy atom. The predicted molar refractivity (Wildman–Crippen MR) is 598 cm³/mol. The Labute approximate surface area is 838 Å². The van der Waals surface area contributed by atoms with Crippen molar-refractivity contribution < 1.29 is 38.1 Å². The highest BCUT2D eigenvalue weighted by Gasteiger charge is 2.45. The summed E-state index contributed by atoms with van der Waals surface area (Å²) in [6.45, 7) is 43.0. The van der Waals surface area contributed by atoms with Gasteiger partial charge in [-0.3, -0.25) is 19.2 Å². The van der Waals surface area contributed by atoms with Gasteiger partial charge in [0.1, 0.15) is 46.0 Å². The van der Waals surface area contributed by atoms with Crippen LogP contribution in [0.2, 0.25) is 0 Å². The molecule has 0 saturated heterocycles. The van der Waals surface area contributed by atoms with Gasteiger partial charge in [0.2, 0.25) is 0 Å². The smallest absolute Gasteiger partial charge is 0.266 e. The molecule has 0 bridgehead atoms. The van der Waals surface area contributed by atoms with Crippen molar-refractivity contribution in [2.24, 2.45) is 0 Å². The van der Waals surface area contributed by atoms with Gasteiger partial charge in [0.05, 0.1) is 33.6 Å². The molecular weight excluding hydrogens is 1770 g/mol.